The molecular formula is C58H14F16N8. The predicted octanol–water partition coefficient (Wildman–Crippen LogP) is 13.9. The fourth-order valence-electron chi connectivity index (χ4n) is 10.8. The summed E-state index contributed by atoms with van der Waals surface area (Å²) >= 11 is 0. The van der Waals surface area contributed by atoms with Crippen molar-refractivity contribution in [3.05, 3.63) is 243 Å². The van der Waals surface area contributed by atoms with E-state index >= 15 is 70.2 Å². The van der Waals surface area contributed by atoms with Gasteiger partial charge in [-0.25, -0.2) is 70.2 Å². The minimum atomic E-state index is -3.52. The van der Waals surface area contributed by atoms with E-state index in [1.807, 2.05) is 0 Å². The van der Waals surface area contributed by atoms with Crippen LogP contribution in [0.4, 0.5) is 70.2 Å². The monoisotopic (exact) mass is 1130 g/mol. The van der Waals surface area contributed by atoms with Gasteiger partial charge in [0.05, 0.1) is 22.3 Å². The smallest absolute Gasteiger partial charge is 0.180 e. The molecule has 2 atom stereocenters. The zero-order valence-electron chi connectivity index (χ0n) is 39.7. The van der Waals surface area contributed by atoms with Crippen LogP contribution >= 0.6 is 0 Å². The highest BCUT2D eigenvalue weighted by Gasteiger charge is 2.54. The maximum Gasteiger partial charge on any atom is 0.180 e. The SMILES string of the molecule is N#CC1=C(c2ccccc2)C(C(c2c(F)c(F)c(C#N)c(F)c2F)c2c(F)c(F)c(C#N)c(F)c2F)c2c(C#N)c3c(c(C#N)c21)C(C(c1c(F)c(F)c(C#N)c(F)c1F)c1c(F)c(F)c(C#N)c(F)c1F)C(c1ccccc1)=C3C#N. The molecule has 9 rings (SSSR count). The summed E-state index contributed by atoms with van der Waals surface area (Å²) in [7, 11) is 0. The Balaban J connectivity index is 1.60. The molecule has 24 heteroatoms. The van der Waals surface area contributed by atoms with Crippen molar-refractivity contribution in [3.8, 4) is 48.6 Å². The fraction of sp³-hybridized carbons (Fsp3) is 0.0690. The zero-order chi connectivity index (χ0) is 59.8. The molecule has 82 heavy (non-hydrogen) atoms. The van der Waals surface area contributed by atoms with Crippen LogP contribution in [0.1, 0.15) is 113 Å². The fourth-order valence-corrected chi connectivity index (χ4v) is 10.8. The molecule has 398 valence electrons. The third-order valence-electron chi connectivity index (χ3n) is 14.0. The molecule has 8 nitrogen and oxygen atoms in total. The summed E-state index contributed by atoms with van der Waals surface area (Å²) in [6.45, 7) is 0. The first-order chi connectivity index (χ1) is 39.1. The molecule has 0 spiro atoms. The molecule has 7 aromatic rings. The lowest BCUT2D eigenvalue weighted by molar-refractivity contribution is 0.402. The second-order valence-corrected chi connectivity index (χ2v) is 17.6. The third kappa shape index (κ3) is 7.55. The van der Waals surface area contributed by atoms with E-state index in [1.165, 1.54) is 24.3 Å². The number of halogens is 16. The van der Waals surface area contributed by atoms with Gasteiger partial charge in [0.15, 0.2) is 93.1 Å². The van der Waals surface area contributed by atoms with Gasteiger partial charge in [-0.3, -0.25) is 0 Å². The standard InChI is InChI=1S/C58H14F16N8/c59-43-25(15-79)44(60)52(68)39(51(43)67)37(40-53(69)45(61)26(16-80)46(62)54(40)70)35-29(19-7-3-1-4-8-19)21(11-75)31-23(13-77)34-32(24(14-78)33(31)35)22(12-76)30(20-9-5-2-6-10-20)36(34)38(41-55(71)47(63)27(17-81)48(64)56(41)72)42-57(73)49(65)28(18-82)50(66)58(42)74/h1-10,35-38H. The number of nitriles is 8. The molecular weight excluding hydrogens is 1110 g/mol. The highest BCUT2D eigenvalue weighted by atomic mass is 19.2. The molecule has 0 aromatic heterocycles. The van der Waals surface area contributed by atoms with Crippen LogP contribution in [0, 0.1) is 184 Å². The molecule has 0 fully saturated rings. The van der Waals surface area contributed by atoms with Crippen molar-refractivity contribution in [2.75, 3.05) is 0 Å². The number of allylic oxidation sites excluding steroid dienone is 4. The van der Waals surface area contributed by atoms with Gasteiger partial charge in [-0.15, -0.1) is 0 Å². The van der Waals surface area contributed by atoms with Crippen LogP contribution in [0.2, 0.25) is 0 Å². The van der Waals surface area contributed by atoms with Gasteiger partial charge in [0.1, 0.15) is 70.8 Å². The molecule has 2 aliphatic carbocycles. The second-order valence-electron chi connectivity index (χ2n) is 17.6. The first kappa shape index (κ1) is 55.6. The van der Waals surface area contributed by atoms with Crippen LogP contribution in [-0.4, -0.2) is 0 Å². The normalized spacial score (nSPS) is 14.1. The molecule has 0 saturated heterocycles. The van der Waals surface area contributed by atoms with Gasteiger partial charge >= 0.3 is 0 Å². The summed E-state index contributed by atoms with van der Waals surface area (Å²) in [4.78, 5) is 0. The largest absolute Gasteiger partial charge is 0.203 e. The van der Waals surface area contributed by atoms with Crippen molar-refractivity contribution in [2.24, 2.45) is 0 Å². The van der Waals surface area contributed by atoms with Crippen molar-refractivity contribution < 1.29 is 70.2 Å². The maximum atomic E-state index is 16.9. The molecule has 2 unspecified atom stereocenters. The quantitative estimate of drug-likeness (QED) is 0.106. The molecule has 0 amide bonds. The summed E-state index contributed by atoms with van der Waals surface area (Å²) in [5, 5.41) is 83.6. The lowest BCUT2D eigenvalue weighted by atomic mass is 9.69. The topological polar surface area (TPSA) is 190 Å². The molecule has 0 N–H and O–H groups in total. The first-order valence-corrected chi connectivity index (χ1v) is 22.6. The average Bonchev–Trinajstić information content (AvgIpc) is 1.63. The summed E-state index contributed by atoms with van der Waals surface area (Å²) in [6, 6.07) is 20.3. The average molecular weight is 1130 g/mol. The summed E-state index contributed by atoms with van der Waals surface area (Å²) < 4.78 is 264. The van der Waals surface area contributed by atoms with Crippen LogP contribution in [0.25, 0.3) is 22.3 Å². The van der Waals surface area contributed by atoms with E-state index in [0.717, 1.165) is 72.8 Å². The van der Waals surface area contributed by atoms with E-state index in [1.54, 1.807) is 12.1 Å². The number of fused-ring (bicyclic) bond motifs is 2. The highest BCUT2D eigenvalue weighted by molar-refractivity contribution is 6.13. The van der Waals surface area contributed by atoms with E-state index in [-0.39, 0.29) is 0 Å². The first-order valence-electron chi connectivity index (χ1n) is 22.6. The van der Waals surface area contributed by atoms with Crippen molar-refractivity contribution in [1.82, 2.24) is 0 Å². The molecule has 0 saturated carbocycles. The molecule has 7 aromatic carbocycles. The Bertz CT molecular complexity index is 3970. The summed E-state index contributed by atoms with van der Waals surface area (Å²) in [6.07, 6.45) is 0. The van der Waals surface area contributed by atoms with Crippen molar-refractivity contribution in [3.63, 3.8) is 0 Å². The van der Waals surface area contributed by atoms with Crippen LogP contribution in [-0.2, 0) is 0 Å². The Kier molecular flexibility index (Phi) is 13.9. The Labute approximate surface area is 448 Å². The van der Waals surface area contributed by atoms with Crippen LogP contribution in [0.5, 0.6) is 0 Å². The minimum absolute atomic E-state index is 0.514. The maximum absolute atomic E-state index is 16.9. The Morgan fingerprint density at radius 3 is 0.659 bits per heavy atom. The molecule has 2 aliphatic rings. The Hall–Kier alpha value is -11.2. The minimum Gasteiger partial charge on any atom is -0.203 e. The number of hydrogen-bond donors (Lipinski definition) is 0. The van der Waals surface area contributed by atoms with Crippen LogP contribution in [0.15, 0.2) is 60.7 Å². The van der Waals surface area contributed by atoms with E-state index in [0.29, 0.717) is 0 Å². The molecule has 0 heterocycles. The van der Waals surface area contributed by atoms with E-state index in [4.69, 9.17) is 0 Å². The lowest BCUT2D eigenvalue weighted by Gasteiger charge is -2.32. The molecule has 0 aliphatic heterocycles. The van der Waals surface area contributed by atoms with E-state index in [9.17, 15) is 42.1 Å². The van der Waals surface area contributed by atoms with Crippen molar-refractivity contribution in [1.29, 1.82) is 42.1 Å². The van der Waals surface area contributed by atoms with Crippen LogP contribution in [0.3, 0.4) is 0 Å². The van der Waals surface area contributed by atoms with Gasteiger partial charge in [-0.05, 0) is 33.4 Å². The summed E-state index contributed by atoms with van der Waals surface area (Å²) in [5.41, 5.74) is -30.3. The molecule has 0 radical (unpaired) electrons. The lowest BCUT2D eigenvalue weighted by Crippen LogP contribution is -2.25. The molecule has 0 bridgehead atoms. The van der Waals surface area contributed by atoms with Crippen LogP contribution < -0.4 is 0 Å². The number of nitrogens with zero attached hydrogens (tertiary/aromatic N) is 8. The zero-order valence-corrected chi connectivity index (χ0v) is 39.7. The Morgan fingerprint density at radius 2 is 0.476 bits per heavy atom. The second kappa shape index (κ2) is 20.6. The van der Waals surface area contributed by atoms with Crippen molar-refractivity contribution >= 4 is 22.3 Å². The number of benzene rings is 7. The van der Waals surface area contributed by atoms with Gasteiger partial charge in [0.2, 0.25) is 0 Å². The third-order valence-corrected chi connectivity index (χ3v) is 14.0. The summed E-state index contributed by atoms with van der Waals surface area (Å²) in [5.74, 6) is -56.1. The van der Waals surface area contributed by atoms with Gasteiger partial charge in [0.25, 0.3) is 0 Å². The van der Waals surface area contributed by atoms with E-state index < -0.39 is 228 Å². The van der Waals surface area contributed by atoms with Gasteiger partial charge < -0.3 is 0 Å². The van der Waals surface area contributed by atoms with Crippen molar-refractivity contribution in [2.45, 2.75) is 23.7 Å². The van der Waals surface area contributed by atoms with Gasteiger partial charge in [0, 0.05) is 57.1 Å². The predicted molar refractivity (Wildman–Crippen MR) is 247 cm³/mol. The van der Waals surface area contributed by atoms with Gasteiger partial charge in [-0.1, -0.05) is 60.7 Å². The Morgan fingerprint density at radius 1 is 0.268 bits per heavy atom. The number of hydrogen-bond acceptors (Lipinski definition) is 8. The van der Waals surface area contributed by atoms with Gasteiger partial charge in [-0.2, -0.15) is 42.1 Å². The van der Waals surface area contributed by atoms with E-state index in [2.05, 4.69) is 0 Å². The number of rotatable bonds is 8. The highest BCUT2D eigenvalue weighted by Crippen LogP contribution is 2.65.